The number of benzene rings is 8. The molecule has 15 N–H and O–H groups in total. The molecule has 30 heteroatoms. The summed E-state index contributed by atoms with van der Waals surface area (Å²) in [5.41, 5.74) is 4.74. The molecule has 6 aliphatic heterocycles. The van der Waals surface area contributed by atoms with Crippen molar-refractivity contribution < 1.29 is 97.4 Å². The quantitative estimate of drug-likeness (QED) is 0.0492. The molecule has 8 aromatic rings. The molecule has 17 bridgehead atoms. The highest BCUT2D eigenvalue weighted by Crippen LogP contribution is 2.49. The Bertz CT molecular complexity index is 4660. The number of amides is 7. The lowest BCUT2D eigenvalue weighted by Crippen LogP contribution is -2.55. The third-order valence-electron chi connectivity index (χ3n) is 16.9. The number of phenols is 5. The Balaban J connectivity index is 1.06. The van der Waals surface area contributed by atoms with Crippen LogP contribution in [-0.2, 0) is 56.1 Å². The number of esters is 1. The lowest BCUT2D eigenvalue weighted by molar-refractivity contribution is -0.146. The summed E-state index contributed by atoms with van der Waals surface area (Å²) in [7, 11) is 0.971. The van der Waals surface area contributed by atoms with Crippen LogP contribution in [0.15, 0.2) is 146 Å². The molecule has 0 aliphatic carbocycles. The number of carbonyl (C=O) groups excluding carboxylic acids is 8. The Hall–Kier alpha value is -12.0. The van der Waals surface area contributed by atoms with E-state index in [1.165, 1.54) is 72.8 Å². The second kappa shape index (κ2) is 29.2. The maximum Gasteiger partial charge on any atom is 0.408 e. The van der Waals surface area contributed by atoms with Crippen LogP contribution in [0.25, 0.3) is 11.1 Å². The molecule has 14 rings (SSSR count). The van der Waals surface area contributed by atoms with Crippen molar-refractivity contribution >= 4 is 70.7 Å². The first kappa shape index (κ1) is 68.9. The van der Waals surface area contributed by atoms with Crippen molar-refractivity contribution in [3.8, 4) is 80.1 Å². The molecule has 101 heavy (non-hydrogen) atoms. The largest absolute Gasteiger partial charge is 0.508 e. The smallest absolute Gasteiger partial charge is 0.408 e. The summed E-state index contributed by atoms with van der Waals surface area (Å²) in [5, 5.41) is 87.2. The number of hydrogen-bond acceptors (Lipinski definition) is 21. The fourth-order valence-electron chi connectivity index (χ4n) is 11.9. The lowest BCUT2D eigenvalue weighted by atomic mass is 9.89. The van der Waals surface area contributed by atoms with Crippen molar-refractivity contribution in [3.05, 3.63) is 200 Å². The molecule has 0 aromatic heterocycles. The van der Waals surface area contributed by atoms with Crippen molar-refractivity contribution in [2.45, 2.75) is 74.3 Å². The second-order valence-electron chi connectivity index (χ2n) is 23.8. The molecule has 0 saturated heterocycles. The number of rotatable bonds is 9. The number of aromatic hydroxyl groups is 5. The van der Waals surface area contributed by atoms with Crippen molar-refractivity contribution in [2.75, 3.05) is 20.3 Å². The molecule has 8 aromatic carbocycles. The Kier molecular flexibility index (Phi) is 19.9. The fraction of sp³-hybridized carbons (Fsp3) is 0.211. The van der Waals surface area contributed by atoms with E-state index in [4.69, 9.17) is 57.4 Å². The van der Waals surface area contributed by atoms with Gasteiger partial charge in [-0.3, -0.25) is 28.8 Å². The molecular formula is C71H62Cl2N8O20. The number of carbonyl (C=O) groups is 8. The van der Waals surface area contributed by atoms with E-state index in [2.05, 4.69) is 37.2 Å². The maximum atomic E-state index is 16.2. The van der Waals surface area contributed by atoms with E-state index >= 15 is 24.0 Å². The SMILES string of the molecule is COC(=O)[C@@H]1NC(=O)[C@H]2NC(=O)[C@H](NC(=O)[C@@H]3NC(=O)[C@H]4NC(=O)[C@@H](Cc5ccc(c(Cl)c5)Oc5cc3cc(c5OCCCCN)Oc3ccc(cc3Cl)[C@H]2O)NC(=O)[C@H](NC(=O)OCc2ccccc2)c2ccc(O)c(c2)Oc2cc(O)cc4c2)c2ccc(O)c(c2)-c2c(O)cc(O)cc21. The van der Waals surface area contributed by atoms with Gasteiger partial charge in [-0.1, -0.05) is 77.8 Å². The van der Waals surface area contributed by atoms with Gasteiger partial charge >= 0.3 is 12.1 Å². The normalized spacial score (nSPS) is 20.2. The number of ether oxygens (including phenoxy) is 6. The van der Waals surface area contributed by atoms with Gasteiger partial charge in [0.1, 0.15) is 89.2 Å². The standard InChI is InChI=1S/C71H62Cl2N8O20/c1-96-70(94)60-43-29-40(83)30-49(86)55(43)42-23-34(10-13-47(42)84)56-66(90)80-61(69(93)79-60)62(87)36-12-16-51(45(73)24-36)101-54-27-38-26-53(63(54)97-18-6-5-17-74)100-50-15-9-33(19-44(50)72)20-46-64(88)76-58(67(91)78-59(38)68(92)77-56)37-21-39(82)28-41(22-37)99-52-25-35(11-14-48(52)85)57(65(89)75-46)81-71(95)98-31-32-7-3-2-4-8-32/h2-4,7-16,19,21-30,46,56-62,82-87H,5-6,17-18,20,31,74H2,1H3,(H,75,89)(H,76,88)(H,77,92)(H,78,91)(H,79,93)(H,80,90)(H,81,95)/t46-,56-,57-,58+,59-,60-,61+,62-/m1/s1. The Labute approximate surface area is 583 Å². The maximum absolute atomic E-state index is 16.2. The van der Waals surface area contributed by atoms with Gasteiger partial charge in [-0.25, -0.2) is 9.59 Å². The van der Waals surface area contributed by atoms with E-state index in [9.17, 15) is 45.0 Å². The van der Waals surface area contributed by atoms with Gasteiger partial charge in [-0.05, 0) is 137 Å². The molecule has 0 radical (unpaired) electrons. The third-order valence-corrected chi connectivity index (χ3v) is 17.5. The zero-order valence-electron chi connectivity index (χ0n) is 52.9. The van der Waals surface area contributed by atoms with Crippen molar-refractivity contribution in [1.82, 2.24) is 37.2 Å². The van der Waals surface area contributed by atoms with Crippen LogP contribution in [-0.4, -0.2) is 110 Å². The van der Waals surface area contributed by atoms with Gasteiger partial charge < -0.3 is 102 Å². The van der Waals surface area contributed by atoms with Crippen LogP contribution in [0.4, 0.5) is 4.79 Å². The van der Waals surface area contributed by atoms with Crippen molar-refractivity contribution in [2.24, 2.45) is 5.73 Å². The molecule has 6 aliphatic rings. The Morgan fingerprint density at radius 1 is 0.564 bits per heavy atom. The minimum Gasteiger partial charge on any atom is -0.508 e. The molecule has 0 spiro atoms. The number of hydrogen-bond donors (Lipinski definition) is 14. The highest BCUT2D eigenvalue weighted by molar-refractivity contribution is 6.32. The van der Waals surface area contributed by atoms with Gasteiger partial charge in [-0.2, -0.15) is 0 Å². The summed E-state index contributed by atoms with van der Waals surface area (Å²) in [6.45, 7) is -0.0165. The highest BCUT2D eigenvalue weighted by atomic mass is 35.5. The third kappa shape index (κ3) is 14.9. The number of aliphatic hydroxyl groups is 1. The number of fused-ring (bicyclic) bond motifs is 14. The molecule has 6 heterocycles. The summed E-state index contributed by atoms with van der Waals surface area (Å²) in [4.78, 5) is 121. The van der Waals surface area contributed by atoms with Crippen LogP contribution in [0.5, 0.6) is 69.0 Å². The number of aliphatic hydroxyl groups excluding tert-OH is 1. The summed E-state index contributed by atoms with van der Waals surface area (Å²) in [5.74, 6) is -13.2. The number of alkyl carbamates (subject to hydrolysis) is 1. The predicted octanol–water partition coefficient (Wildman–Crippen LogP) is 7.45. The van der Waals surface area contributed by atoms with Gasteiger partial charge in [0.15, 0.2) is 29.0 Å². The van der Waals surface area contributed by atoms with Crippen molar-refractivity contribution in [1.29, 1.82) is 0 Å². The number of nitrogens with two attached hydrogens (primary N) is 1. The average molecular weight is 1420 g/mol. The zero-order chi connectivity index (χ0) is 71.5. The predicted molar refractivity (Wildman–Crippen MR) is 357 cm³/mol. The molecule has 28 nitrogen and oxygen atoms in total. The monoisotopic (exact) mass is 1420 g/mol. The number of halogens is 2. The first-order valence-corrected chi connectivity index (χ1v) is 32.0. The molecule has 7 amide bonds. The van der Waals surface area contributed by atoms with Crippen molar-refractivity contribution in [3.63, 3.8) is 0 Å². The van der Waals surface area contributed by atoms with Crippen LogP contribution in [0.3, 0.4) is 0 Å². The van der Waals surface area contributed by atoms with E-state index in [1.807, 2.05) is 0 Å². The lowest BCUT2D eigenvalue weighted by Gasteiger charge is -2.31. The fourth-order valence-corrected chi connectivity index (χ4v) is 12.4. The first-order chi connectivity index (χ1) is 48.5. The van der Waals surface area contributed by atoms with Gasteiger partial charge in [0.2, 0.25) is 41.2 Å². The van der Waals surface area contributed by atoms with Crippen LogP contribution in [0.2, 0.25) is 10.0 Å². The summed E-state index contributed by atoms with van der Waals surface area (Å²) in [6.07, 6.45) is -2.77. The Morgan fingerprint density at radius 2 is 1.19 bits per heavy atom. The van der Waals surface area contributed by atoms with Gasteiger partial charge in [-0.15, -0.1) is 0 Å². The minimum atomic E-state index is -2.17. The molecule has 0 fully saturated rings. The van der Waals surface area contributed by atoms with Crippen LogP contribution in [0.1, 0.15) is 93.7 Å². The van der Waals surface area contributed by atoms with E-state index in [-0.39, 0.29) is 115 Å². The zero-order valence-corrected chi connectivity index (χ0v) is 54.5. The Morgan fingerprint density at radius 3 is 1.88 bits per heavy atom. The highest BCUT2D eigenvalue weighted by Gasteiger charge is 2.42. The van der Waals surface area contributed by atoms with E-state index in [0.29, 0.717) is 18.4 Å². The number of unbranched alkanes of at least 4 members (excludes halogenated alkanes) is 1. The summed E-state index contributed by atoms with van der Waals surface area (Å²) >= 11 is 14.2. The van der Waals surface area contributed by atoms with E-state index < -0.39 is 137 Å². The van der Waals surface area contributed by atoms with Gasteiger partial charge in [0.05, 0.1) is 23.8 Å². The van der Waals surface area contributed by atoms with Gasteiger partial charge in [0, 0.05) is 35.2 Å². The number of nitrogens with one attached hydrogen (secondary N) is 7. The molecule has 8 atom stereocenters. The first-order valence-electron chi connectivity index (χ1n) is 31.2. The topological polar surface area (TPSA) is 424 Å². The van der Waals surface area contributed by atoms with E-state index in [0.717, 1.165) is 49.6 Å². The molecule has 0 unspecified atom stereocenters. The van der Waals surface area contributed by atoms with Crippen LogP contribution >= 0.6 is 23.2 Å². The van der Waals surface area contributed by atoms with Gasteiger partial charge in [0.25, 0.3) is 0 Å². The molecule has 0 saturated carbocycles. The second-order valence-corrected chi connectivity index (χ2v) is 24.6. The molecule has 520 valence electrons. The molecular weight excluding hydrogens is 1360 g/mol. The minimum absolute atomic E-state index is 0.00458. The van der Waals surface area contributed by atoms with Crippen LogP contribution in [0, 0.1) is 0 Å². The number of methoxy groups -OCH3 is 1. The van der Waals surface area contributed by atoms with Crippen LogP contribution < -0.4 is 61.9 Å². The van der Waals surface area contributed by atoms with E-state index in [1.54, 1.807) is 30.3 Å². The summed E-state index contributed by atoms with van der Waals surface area (Å²) < 4.78 is 36.4. The average Bonchev–Trinajstić information content (AvgIpc) is 0.778. The summed E-state index contributed by atoms with van der Waals surface area (Å²) in [6, 6.07) is 17.6. The number of phenolic OH excluding ortho intramolecular Hbond substituents is 5.